The molecule has 1 aliphatic heterocycles. The molecule has 3 fully saturated rings. The van der Waals surface area contributed by atoms with Crippen molar-refractivity contribution in [2.24, 2.45) is 11.3 Å². The van der Waals surface area contributed by atoms with Gasteiger partial charge in [-0.25, -0.2) is 0 Å². The minimum atomic E-state index is 0.471. The largest absolute Gasteiger partial charge is 0.381 e. The lowest BCUT2D eigenvalue weighted by Gasteiger charge is -2.42. The quantitative estimate of drug-likeness (QED) is 0.740. The second-order valence-electron chi connectivity index (χ2n) is 7.82. The summed E-state index contributed by atoms with van der Waals surface area (Å²) in [4.78, 5) is 2.80. The molecule has 1 saturated heterocycles. The van der Waals surface area contributed by atoms with Crippen molar-refractivity contribution in [3.05, 3.63) is 0 Å². The Hall–Kier alpha value is -0.120. The molecule has 0 aromatic heterocycles. The lowest BCUT2D eigenvalue weighted by atomic mass is 9.79. The average Bonchev–Trinajstić information content (AvgIpc) is 3.29. The topological polar surface area (TPSA) is 24.5 Å². The molecule has 0 amide bonds. The standard InChI is InChI=1S/C17H32N2O/c1-14(2)11-19(16-5-6-16)13-17(7-9-20-10-8-17)12-18-15-3-4-15/h14-16,18H,3-13H2,1-2H3. The zero-order chi connectivity index (χ0) is 14.0. The molecule has 1 N–H and O–H groups in total. The number of ether oxygens (including phenoxy) is 1. The Labute approximate surface area is 124 Å². The minimum Gasteiger partial charge on any atom is -0.381 e. The van der Waals surface area contributed by atoms with Crippen LogP contribution in [0.4, 0.5) is 0 Å². The number of rotatable bonds is 8. The van der Waals surface area contributed by atoms with Crippen molar-refractivity contribution >= 4 is 0 Å². The summed E-state index contributed by atoms with van der Waals surface area (Å²) in [6.45, 7) is 10.4. The van der Waals surface area contributed by atoms with Crippen molar-refractivity contribution < 1.29 is 4.74 Å². The maximum Gasteiger partial charge on any atom is 0.0472 e. The van der Waals surface area contributed by atoms with Gasteiger partial charge in [0.05, 0.1) is 0 Å². The van der Waals surface area contributed by atoms with E-state index in [0.29, 0.717) is 5.41 Å². The smallest absolute Gasteiger partial charge is 0.0472 e. The maximum atomic E-state index is 5.64. The molecular weight excluding hydrogens is 248 g/mol. The molecule has 116 valence electrons. The van der Waals surface area contributed by atoms with Gasteiger partial charge in [0, 0.05) is 44.9 Å². The first-order valence-electron chi connectivity index (χ1n) is 8.72. The van der Waals surface area contributed by atoms with Crippen molar-refractivity contribution in [3.8, 4) is 0 Å². The normalized spacial score (nSPS) is 26.4. The third kappa shape index (κ3) is 4.19. The van der Waals surface area contributed by atoms with Crippen LogP contribution in [-0.4, -0.2) is 49.8 Å². The summed E-state index contributed by atoms with van der Waals surface area (Å²) in [5, 5.41) is 3.80. The maximum absolute atomic E-state index is 5.64. The molecule has 0 atom stereocenters. The first-order valence-corrected chi connectivity index (χ1v) is 8.72. The molecule has 20 heavy (non-hydrogen) atoms. The number of hydrogen-bond donors (Lipinski definition) is 1. The fourth-order valence-electron chi connectivity index (χ4n) is 3.53. The van der Waals surface area contributed by atoms with E-state index in [9.17, 15) is 0 Å². The molecule has 3 aliphatic rings. The summed E-state index contributed by atoms with van der Waals surface area (Å²) in [5.74, 6) is 0.781. The van der Waals surface area contributed by atoms with Crippen LogP contribution in [0.15, 0.2) is 0 Å². The molecule has 3 rings (SSSR count). The molecule has 2 aliphatic carbocycles. The van der Waals surface area contributed by atoms with Crippen molar-refractivity contribution in [3.63, 3.8) is 0 Å². The summed E-state index contributed by atoms with van der Waals surface area (Å²) in [5.41, 5.74) is 0.471. The van der Waals surface area contributed by atoms with Crippen molar-refractivity contribution in [1.82, 2.24) is 10.2 Å². The van der Waals surface area contributed by atoms with Crippen LogP contribution in [0.1, 0.15) is 52.4 Å². The Kier molecular flexibility index (Phi) is 4.68. The van der Waals surface area contributed by atoms with E-state index in [2.05, 4.69) is 24.1 Å². The summed E-state index contributed by atoms with van der Waals surface area (Å²) in [7, 11) is 0. The molecule has 0 bridgehead atoms. The molecule has 0 radical (unpaired) electrons. The minimum absolute atomic E-state index is 0.471. The monoisotopic (exact) mass is 280 g/mol. The fraction of sp³-hybridized carbons (Fsp3) is 1.00. The number of nitrogens with one attached hydrogen (secondary N) is 1. The van der Waals surface area contributed by atoms with Gasteiger partial charge in [-0.15, -0.1) is 0 Å². The zero-order valence-corrected chi connectivity index (χ0v) is 13.4. The van der Waals surface area contributed by atoms with Gasteiger partial charge in [0.2, 0.25) is 0 Å². The summed E-state index contributed by atoms with van der Waals surface area (Å²) < 4.78 is 5.64. The lowest BCUT2D eigenvalue weighted by Crippen LogP contribution is -2.49. The fourth-order valence-corrected chi connectivity index (χ4v) is 3.53. The molecular formula is C17H32N2O. The van der Waals surface area contributed by atoms with E-state index in [-0.39, 0.29) is 0 Å². The molecule has 3 heteroatoms. The Morgan fingerprint density at radius 2 is 1.85 bits per heavy atom. The van der Waals surface area contributed by atoms with Gasteiger partial charge in [0.15, 0.2) is 0 Å². The third-order valence-electron chi connectivity index (χ3n) is 5.10. The van der Waals surface area contributed by atoms with Gasteiger partial charge in [0.25, 0.3) is 0 Å². The second kappa shape index (κ2) is 6.33. The van der Waals surface area contributed by atoms with Gasteiger partial charge in [-0.05, 0) is 49.9 Å². The van der Waals surface area contributed by atoms with Crippen LogP contribution in [0.2, 0.25) is 0 Å². The Morgan fingerprint density at radius 3 is 2.40 bits per heavy atom. The van der Waals surface area contributed by atoms with Crippen molar-refractivity contribution in [2.45, 2.75) is 64.5 Å². The molecule has 0 spiro atoms. The molecule has 3 nitrogen and oxygen atoms in total. The molecule has 0 aromatic rings. The van der Waals surface area contributed by atoms with E-state index in [0.717, 1.165) is 31.2 Å². The first kappa shape index (κ1) is 14.8. The van der Waals surface area contributed by atoms with Crippen LogP contribution in [0.3, 0.4) is 0 Å². The highest BCUT2D eigenvalue weighted by Crippen LogP contribution is 2.36. The van der Waals surface area contributed by atoms with Crippen LogP contribution in [-0.2, 0) is 4.74 Å². The predicted molar refractivity (Wildman–Crippen MR) is 82.9 cm³/mol. The van der Waals surface area contributed by atoms with Gasteiger partial charge in [0.1, 0.15) is 0 Å². The highest BCUT2D eigenvalue weighted by atomic mass is 16.5. The molecule has 1 heterocycles. The van der Waals surface area contributed by atoms with Crippen LogP contribution in [0, 0.1) is 11.3 Å². The number of nitrogens with zero attached hydrogens (tertiary/aromatic N) is 1. The van der Waals surface area contributed by atoms with Gasteiger partial charge in [-0.3, -0.25) is 4.90 Å². The van der Waals surface area contributed by atoms with Crippen LogP contribution < -0.4 is 5.32 Å². The Morgan fingerprint density at radius 1 is 1.15 bits per heavy atom. The Balaban J connectivity index is 1.60. The SMILES string of the molecule is CC(C)CN(CC1(CNC2CC2)CCOCC1)C1CC1. The molecule has 0 unspecified atom stereocenters. The van der Waals surface area contributed by atoms with Crippen LogP contribution in [0.5, 0.6) is 0 Å². The zero-order valence-electron chi connectivity index (χ0n) is 13.4. The third-order valence-corrected chi connectivity index (χ3v) is 5.10. The van der Waals surface area contributed by atoms with Crippen LogP contribution in [0.25, 0.3) is 0 Å². The number of hydrogen-bond acceptors (Lipinski definition) is 3. The van der Waals surface area contributed by atoms with E-state index >= 15 is 0 Å². The van der Waals surface area contributed by atoms with E-state index < -0.39 is 0 Å². The summed E-state index contributed by atoms with van der Waals surface area (Å²) >= 11 is 0. The van der Waals surface area contributed by atoms with Gasteiger partial charge >= 0.3 is 0 Å². The highest BCUT2D eigenvalue weighted by molar-refractivity contribution is 4.94. The average molecular weight is 280 g/mol. The van der Waals surface area contributed by atoms with Gasteiger partial charge < -0.3 is 10.1 Å². The first-order chi connectivity index (χ1) is 9.67. The van der Waals surface area contributed by atoms with E-state index in [1.165, 1.54) is 58.2 Å². The summed E-state index contributed by atoms with van der Waals surface area (Å²) in [6.07, 6.45) is 8.13. The van der Waals surface area contributed by atoms with E-state index in [1.807, 2.05) is 0 Å². The molecule has 2 saturated carbocycles. The van der Waals surface area contributed by atoms with Gasteiger partial charge in [-0.2, -0.15) is 0 Å². The van der Waals surface area contributed by atoms with Crippen molar-refractivity contribution in [1.29, 1.82) is 0 Å². The summed E-state index contributed by atoms with van der Waals surface area (Å²) in [6, 6.07) is 1.72. The highest BCUT2D eigenvalue weighted by Gasteiger charge is 2.39. The predicted octanol–water partition coefficient (Wildman–Crippen LogP) is 2.66. The second-order valence-corrected chi connectivity index (χ2v) is 7.82. The molecule has 0 aromatic carbocycles. The van der Waals surface area contributed by atoms with E-state index in [4.69, 9.17) is 4.74 Å². The van der Waals surface area contributed by atoms with E-state index in [1.54, 1.807) is 0 Å². The Bertz CT molecular complexity index is 304. The van der Waals surface area contributed by atoms with Gasteiger partial charge in [-0.1, -0.05) is 13.8 Å². The lowest BCUT2D eigenvalue weighted by molar-refractivity contribution is -0.00777. The van der Waals surface area contributed by atoms with Crippen molar-refractivity contribution in [2.75, 3.05) is 32.8 Å². The van der Waals surface area contributed by atoms with Crippen LogP contribution >= 0.6 is 0 Å².